The topological polar surface area (TPSA) is 105 Å². The van der Waals surface area contributed by atoms with Crippen LogP contribution >= 0.6 is 23.2 Å². The number of nitrogens with zero attached hydrogens (tertiary/aromatic N) is 1. The standard InChI is InChI=1S/C21H21Cl2N3O5S/c22-15-5-3-13(4-6-15)10-24-21(28)14-2-1-7-26(11-14)32(29,30)19-9-18-17(8-16(19)23)25-20(27)12-31-18/h3-6,8-9,14H,1-2,7,10-12H2,(H,24,28)(H,25,27). The predicted molar refractivity (Wildman–Crippen MR) is 120 cm³/mol. The maximum absolute atomic E-state index is 13.3. The molecule has 2 amide bonds. The Morgan fingerprint density at radius 2 is 1.97 bits per heavy atom. The first-order valence-electron chi connectivity index (χ1n) is 10.0. The number of carbonyl (C=O) groups is 2. The molecule has 2 aromatic rings. The Morgan fingerprint density at radius 1 is 1.22 bits per heavy atom. The summed E-state index contributed by atoms with van der Waals surface area (Å²) in [5.41, 5.74) is 1.22. The molecule has 0 radical (unpaired) electrons. The normalized spacial score (nSPS) is 18.9. The van der Waals surface area contributed by atoms with E-state index < -0.39 is 15.9 Å². The van der Waals surface area contributed by atoms with Gasteiger partial charge in [0.1, 0.15) is 10.6 Å². The second-order valence-electron chi connectivity index (χ2n) is 7.66. The minimum atomic E-state index is -3.96. The molecule has 0 bridgehead atoms. The van der Waals surface area contributed by atoms with Crippen molar-refractivity contribution in [2.45, 2.75) is 24.3 Å². The molecule has 2 aliphatic heterocycles. The van der Waals surface area contributed by atoms with Crippen LogP contribution in [0, 0.1) is 5.92 Å². The third-order valence-corrected chi connectivity index (χ3v) is 8.00. The molecular formula is C21H21Cl2N3O5S. The average molecular weight is 498 g/mol. The van der Waals surface area contributed by atoms with Gasteiger partial charge in [0.05, 0.1) is 16.6 Å². The summed E-state index contributed by atoms with van der Waals surface area (Å²) >= 11 is 12.1. The fraction of sp³-hybridized carbons (Fsp3) is 0.333. The van der Waals surface area contributed by atoms with E-state index in [4.69, 9.17) is 27.9 Å². The number of hydrogen-bond acceptors (Lipinski definition) is 5. The summed E-state index contributed by atoms with van der Waals surface area (Å²) in [5, 5.41) is 6.05. The summed E-state index contributed by atoms with van der Waals surface area (Å²) < 4.78 is 33.2. The van der Waals surface area contributed by atoms with E-state index in [1.807, 2.05) is 12.1 Å². The molecule has 0 aromatic heterocycles. The number of ether oxygens (including phenoxy) is 1. The van der Waals surface area contributed by atoms with Crippen molar-refractivity contribution in [2.75, 3.05) is 25.0 Å². The highest BCUT2D eigenvalue weighted by atomic mass is 35.5. The molecule has 32 heavy (non-hydrogen) atoms. The smallest absolute Gasteiger partial charge is 0.262 e. The summed E-state index contributed by atoms with van der Waals surface area (Å²) in [7, 11) is -3.96. The lowest BCUT2D eigenvalue weighted by atomic mass is 9.99. The van der Waals surface area contributed by atoms with Crippen molar-refractivity contribution >= 4 is 50.7 Å². The molecule has 0 saturated carbocycles. The Labute approximate surface area is 195 Å². The summed E-state index contributed by atoms with van der Waals surface area (Å²) in [5.74, 6) is -0.783. The van der Waals surface area contributed by atoms with E-state index >= 15 is 0 Å². The van der Waals surface area contributed by atoms with E-state index in [2.05, 4.69) is 10.6 Å². The SMILES string of the molecule is O=C1COc2cc(S(=O)(=O)N3CCCC(C(=O)NCc4ccc(Cl)cc4)C3)c(Cl)cc2N1. The van der Waals surface area contributed by atoms with Crippen LogP contribution in [0.2, 0.25) is 10.0 Å². The van der Waals surface area contributed by atoms with Crippen molar-refractivity contribution < 1.29 is 22.7 Å². The molecule has 2 N–H and O–H groups in total. The quantitative estimate of drug-likeness (QED) is 0.660. The third-order valence-electron chi connectivity index (χ3n) is 5.42. The van der Waals surface area contributed by atoms with Crippen molar-refractivity contribution in [3.8, 4) is 5.75 Å². The molecule has 8 nitrogen and oxygen atoms in total. The molecule has 0 spiro atoms. The number of benzene rings is 2. The maximum atomic E-state index is 13.3. The molecule has 2 aliphatic rings. The zero-order valence-electron chi connectivity index (χ0n) is 16.9. The van der Waals surface area contributed by atoms with Gasteiger partial charge in [0.15, 0.2) is 6.61 Å². The largest absolute Gasteiger partial charge is 0.482 e. The van der Waals surface area contributed by atoms with Crippen LogP contribution in [-0.4, -0.2) is 44.2 Å². The summed E-state index contributed by atoms with van der Waals surface area (Å²) in [6.07, 6.45) is 1.14. The number of carbonyl (C=O) groups excluding carboxylic acids is 2. The summed E-state index contributed by atoms with van der Waals surface area (Å²) in [4.78, 5) is 24.1. The number of anilines is 1. The first kappa shape index (κ1) is 22.8. The van der Waals surface area contributed by atoms with E-state index in [-0.39, 0.29) is 47.2 Å². The van der Waals surface area contributed by atoms with E-state index in [1.165, 1.54) is 16.4 Å². The van der Waals surface area contributed by atoms with Gasteiger partial charge in [0.25, 0.3) is 5.91 Å². The Hall–Kier alpha value is -2.33. The maximum Gasteiger partial charge on any atom is 0.262 e. The number of sulfonamides is 1. The van der Waals surface area contributed by atoms with Crippen LogP contribution in [0.3, 0.4) is 0 Å². The lowest BCUT2D eigenvalue weighted by Crippen LogP contribution is -2.45. The van der Waals surface area contributed by atoms with Crippen LogP contribution in [0.5, 0.6) is 5.75 Å². The Bertz CT molecular complexity index is 1150. The second-order valence-corrected chi connectivity index (χ2v) is 10.4. The van der Waals surface area contributed by atoms with Crippen LogP contribution < -0.4 is 15.4 Å². The zero-order chi connectivity index (χ0) is 22.9. The highest BCUT2D eigenvalue weighted by Gasteiger charge is 2.35. The van der Waals surface area contributed by atoms with Crippen molar-refractivity contribution in [3.63, 3.8) is 0 Å². The van der Waals surface area contributed by atoms with E-state index in [0.717, 1.165) is 5.56 Å². The van der Waals surface area contributed by atoms with E-state index in [1.54, 1.807) is 12.1 Å². The van der Waals surface area contributed by atoms with Crippen LogP contribution in [0.25, 0.3) is 0 Å². The number of rotatable bonds is 5. The summed E-state index contributed by atoms with van der Waals surface area (Å²) in [6, 6.07) is 9.81. The van der Waals surface area contributed by atoms with Gasteiger partial charge < -0.3 is 15.4 Å². The van der Waals surface area contributed by atoms with Gasteiger partial charge in [-0.05, 0) is 36.6 Å². The number of fused-ring (bicyclic) bond motifs is 1. The fourth-order valence-electron chi connectivity index (χ4n) is 3.73. The highest BCUT2D eigenvalue weighted by molar-refractivity contribution is 7.89. The number of halogens is 2. The van der Waals surface area contributed by atoms with Gasteiger partial charge in [-0.15, -0.1) is 0 Å². The predicted octanol–water partition coefficient (Wildman–Crippen LogP) is 3.04. The molecule has 170 valence electrons. The van der Waals surface area contributed by atoms with Crippen molar-refractivity contribution in [1.29, 1.82) is 0 Å². The van der Waals surface area contributed by atoms with Gasteiger partial charge in [-0.25, -0.2) is 8.42 Å². The van der Waals surface area contributed by atoms with Gasteiger partial charge in [0, 0.05) is 30.7 Å². The fourth-order valence-corrected chi connectivity index (χ4v) is 5.90. The number of amides is 2. The zero-order valence-corrected chi connectivity index (χ0v) is 19.3. The van der Waals surface area contributed by atoms with Gasteiger partial charge >= 0.3 is 0 Å². The van der Waals surface area contributed by atoms with Crippen LogP contribution in [0.1, 0.15) is 18.4 Å². The molecule has 11 heteroatoms. The molecule has 0 aliphatic carbocycles. The van der Waals surface area contributed by atoms with Crippen LogP contribution in [0.4, 0.5) is 5.69 Å². The van der Waals surface area contributed by atoms with Crippen molar-refractivity contribution in [2.24, 2.45) is 5.92 Å². The molecule has 4 rings (SSSR count). The third kappa shape index (κ3) is 4.85. The van der Waals surface area contributed by atoms with E-state index in [9.17, 15) is 18.0 Å². The molecular weight excluding hydrogens is 477 g/mol. The van der Waals surface area contributed by atoms with Crippen LogP contribution in [-0.2, 0) is 26.2 Å². The second kappa shape index (κ2) is 9.27. The summed E-state index contributed by atoms with van der Waals surface area (Å²) in [6.45, 7) is 0.473. The monoisotopic (exact) mass is 497 g/mol. The highest BCUT2D eigenvalue weighted by Crippen LogP contribution is 2.37. The minimum Gasteiger partial charge on any atom is -0.482 e. The van der Waals surface area contributed by atoms with Gasteiger partial charge in [0.2, 0.25) is 15.9 Å². The molecule has 1 unspecified atom stereocenters. The molecule has 2 heterocycles. The Morgan fingerprint density at radius 3 is 2.72 bits per heavy atom. The number of nitrogens with one attached hydrogen (secondary N) is 2. The van der Waals surface area contributed by atoms with Gasteiger partial charge in [-0.3, -0.25) is 9.59 Å². The molecule has 1 atom stereocenters. The number of hydrogen-bond donors (Lipinski definition) is 2. The lowest BCUT2D eigenvalue weighted by Gasteiger charge is -2.31. The van der Waals surface area contributed by atoms with Gasteiger partial charge in [-0.2, -0.15) is 4.31 Å². The van der Waals surface area contributed by atoms with Crippen molar-refractivity contribution in [3.05, 3.63) is 52.0 Å². The lowest BCUT2D eigenvalue weighted by molar-refractivity contribution is -0.126. The Kier molecular flexibility index (Phi) is 6.62. The van der Waals surface area contributed by atoms with Gasteiger partial charge in [-0.1, -0.05) is 35.3 Å². The van der Waals surface area contributed by atoms with Crippen molar-refractivity contribution in [1.82, 2.24) is 9.62 Å². The van der Waals surface area contributed by atoms with Crippen LogP contribution in [0.15, 0.2) is 41.3 Å². The molecule has 1 saturated heterocycles. The number of piperidine rings is 1. The first-order chi connectivity index (χ1) is 15.2. The molecule has 2 aromatic carbocycles. The average Bonchev–Trinajstić information content (AvgIpc) is 2.78. The minimum absolute atomic E-state index is 0.0242. The molecule has 1 fully saturated rings. The first-order valence-corrected chi connectivity index (χ1v) is 12.2. The Balaban J connectivity index is 1.47. The van der Waals surface area contributed by atoms with E-state index in [0.29, 0.717) is 30.1 Å².